The molecule has 0 aromatic rings. The number of fused-ring (bicyclic) bond motifs is 7. The molecular formula is C31H48O6. The molecule has 0 heterocycles. The Morgan fingerprint density at radius 3 is 2.24 bits per heavy atom. The van der Waals surface area contributed by atoms with Crippen molar-refractivity contribution in [2.45, 2.75) is 105 Å². The summed E-state index contributed by atoms with van der Waals surface area (Å²) in [5.41, 5.74) is -1.08. The standard InChI is InChI=1S/C31H48O6/c1-26(2)9-11-31(16-23(35)36)12-10-29(5)18(19(31)13-26)7-8-22-27(3)14-21(34)25(37)28(4,17-32)24(27)20(33)15-30(22,29)6/h7,10,12,19-22,24-25,32-34,37H,8-9,11,13-17H2,1-6H3,(H,35,36)/t19-,20+,21-,22+,24+,25-,27+,28+,29+,30+,31+/m0/s1. The van der Waals surface area contributed by atoms with Gasteiger partial charge in [0.1, 0.15) is 0 Å². The number of hydrogen-bond donors (Lipinski definition) is 5. The highest BCUT2D eigenvalue weighted by Gasteiger charge is 2.71. The minimum absolute atomic E-state index is 0.128. The molecule has 5 aliphatic carbocycles. The fraction of sp³-hybridized carbons (Fsp3) is 0.839. The lowest BCUT2D eigenvalue weighted by Crippen LogP contribution is -2.71. The molecule has 208 valence electrons. The molecule has 6 heteroatoms. The molecular weight excluding hydrogens is 468 g/mol. The summed E-state index contributed by atoms with van der Waals surface area (Å²) in [6, 6.07) is 0. The number of carboxylic acid groups (broad SMARTS) is 1. The normalized spacial score (nSPS) is 54.3. The monoisotopic (exact) mass is 516 g/mol. The van der Waals surface area contributed by atoms with Crippen LogP contribution < -0.4 is 0 Å². The van der Waals surface area contributed by atoms with E-state index in [9.17, 15) is 30.3 Å². The van der Waals surface area contributed by atoms with Crippen molar-refractivity contribution in [2.24, 2.45) is 50.2 Å². The van der Waals surface area contributed by atoms with Crippen molar-refractivity contribution < 1.29 is 30.3 Å². The fourth-order valence-electron chi connectivity index (χ4n) is 10.7. The van der Waals surface area contributed by atoms with Gasteiger partial charge in [-0.25, -0.2) is 0 Å². The first-order valence-electron chi connectivity index (χ1n) is 14.3. The van der Waals surface area contributed by atoms with E-state index >= 15 is 0 Å². The van der Waals surface area contributed by atoms with Gasteiger partial charge in [0.15, 0.2) is 0 Å². The largest absolute Gasteiger partial charge is 0.481 e. The van der Waals surface area contributed by atoms with Gasteiger partial charge in [0.05, 0.1) is 31.3 Å². The summed E-state index contributed by atoms with van der Waals surface area (Å²) in [5, 5.41) is 54.1. The molecule has 0 bridgehead atoms. The zero-order chi connectivity index (χ0) is 27.4. The molecule has 0 aromatic carbocycles. The quantitative estimate of drug-likeness (QED) is 0.357. The smallest absolute Gasteiger partial charge is 0.304 e. The lowest BCUT2D eigenvalue weighted by atomic mass is 9.34. The maximum absolute atomic E-state index is 12.0. The zero-order valence-corrected chi connectivity index (χ0v) is 23.5. The number of carboxylic acids is 1. The lowest BCUT2D eigenvalue weighted by Gasteiger charge is -2.71. The van der Waals surface area contributed by atoms with E-state index in [2.05, 4.69) is 52.8 Å². The first kappa shape index (κ1) is 27.4. The van der Waals surface area contributed by atoms with Gasteiger partial charge in [-0.15, -0.1) is 0 Å². The van der Waals surface area contributed by atoms with Crippen LogP contribution in [0.25, 0.3) is 0 Å². The van der Waals surface area contributed by atoms with Crippen molar-refractivity contribution in [2.75, 3.05) is 6.61 Å². The number of hydrogen-bond acceptors (Lipinski definition) is 5. The summed E-state index contributed by atoms with van der Waals surface area (Å²) < 4.78 is 0. The molecule has 0 aliphatic heterocycles. The average Bonchev–Trinajstić information content (AvgIpc) is 2.78. The molecule has 0 amide bonds. The molecule has 0 spiro atoms. The Morgan fingerprint density at radius 2 is 1.62 bits per heavy atom. The van der Waals surface area contributed by atoms with Crippen molar-refractivity contribution in [1.29, 1.82) is 0 Å². The number of allylic oxidation sites excluding steroid dienone is 4. The van der Waals surface area contributed by atoms with E-state index in [-0.39, 0.29) is 52.4 Å². The maximum atomic E-state index is 12.0. The number of aliphatic hydroxyl groups excluding tert-OH is 4. The number of rotatable bonds is 3. The average molecular weight is 517 g/mol. The Labute approximate surface area is 221 Å². The number of aliphatic carboxylic acids is 1. The summed E-state index contributed by atoms with van der Waals surface area (Å²) in [5.74, 6) is -0.820. The molecule has 5 N–H and O–H groups in total. The highest BCUT2D eigenvalue weighted by atomic mass is 16.4. The van der Waals surface area contributed by atoms with Crippen molar-refractivity contribution in [3.8, 4) is 0 Å². The van der Waals surface area contributed by atoms with Gasteiger partial charge in [-0.2, -0.15) is 0 Å². The van der Waals surface area contributed by atoms with Gasteiger partial charge >= 0.3 is 5.97 Å². The molecule has 3 fully saturated rings. The van der Waals surface area contributed by atoms with Crippen LogP contribution in [0.2, 0.25) is 0 Å². The minimum atomic E-state index is -1.09. The van der Waals surface area contributed by atoms with Gasteiger partial charge in [0.2, 0.25) is 0 Å². The highest BCUT2D eigenvalue weighted by molar-refractivity contribution is 5.69. The predicted octanol–water partition coefficient (Wildman–Crippen LogP) is 4.31. The van der Waals surface area contributed by atoms with E-state index in [1.165, 1.54) is 5.57 Å². The topological polar surface area (TPSA) is 118 Å². The summed E-state index contributed by atoms with van der Waals surface area (Å²) in [6.45, 7) is 12.8. The second kappa shape index (κ2) is 8.16. The van der Waals surface area contributed by atoms with Gasteiger partial charge in [-0.3, -0.25) is 4.79 Å². The summed E-state index contributed by atoms with van der Waals surface area (Å²) in [6.07, 6.45) is 8.77. The Hall–Kier alpha value is -1.21. The molecule has 3 saturated carbocycles. The number of carbonyl (C=O) groups is 1. The molecule has 0 saturated heterocycles. The third-order valence-electron chi connectivity index (χ3n) is 12.7. The van der Waals surface area contributed by atoms with Crippen LogP contribution in [-0.2, 0) is 4.79 Å². The van der Waals surface area contributed by atoms with Crippen molar-refractivity contribution in [3.63, 3.8) is 0 Å². The van der Waals surface area contributed by atoms with E-state index in [1.807, 2.05) is 6.92 Å². The Balaban J connectivity index is 1.65. The van der Waals surface area contributed by atoms with Gasteiger partial charge in [-0.05, 0) is 66.6 Å². The van der Waals surface area contributed by atoms with Crippen LogP contribution in [-0.4, -0.2) is 56.4 Å². The first-order valence-corrected chi connectivity index (χ1v) is 14.3. The van der Waals surface area contributed by atoms with Crippen LogP contribution >= 0.6 is 0 Å². The fourth-order valence-corrected chi connectivity index (χ4v) is 10.7. The zero-order valence-electron chi connectivity index (χ0n) is 23.5. The Bertz CT molecular complexity index is 1030. The summed E-state index contributed by atoms with van der Waals surface area (Å²) >= 11 is 0. The SMILES string of the molecule is CC1(C)CC[C@]2(CC(=O)O)C=C[C@]3(C)C(=CC[C@@H]4[C@@]5(C)C[C@H](O)[C@H](O)[C@](C)(CO)[C@@H]5[C@H](O)C[C@]43C)[C@@H]2C1. The van der Waals surface area contributed by atoms with Gasteiger partial charge in [0, 0.05) is 22.2 Å². The number of aliphatic hydroxyl groups is 4. The first-order chi connectivity index (χ1) is 17.0. The molecule has 37 heavy (non-hydrogen) atoms. The van der Waals surface area contributed by atoms with E-state index in [1.54, 1.807) is 0 Å². The Kier molecular flexibility index (Phi) is 6.03. The van der Waals surface area contributed by atoms with Crippen molar-refractivity contribution >= 4 is 5.97 Å². The third-order valence-corrected chi connectivity index (χ3v) is 12.7. The Morgan fingerprint density at radius 1 is 0.946 bits per heavy atom. The molecule has 0 aromatic heterocycles. The van der Waals surface area contributed by atoms with E-state index in [0.29, 0.717) is 12.8 Å². The predicted molar refractivity (Wildman–Crippen MR) is 141 cm³/mol. The second-order valence-corrected chi connectivity index (χ2v) is 15.3. The maximum Gasteiger partial charge on any atom is 0.304 e. The van der Waals surface area contributed by atoms with E-state index in [4.69, 9.17) is 0 Å². The molecule has 11 atom stereocenters. The van der Waals surface area contributed by atoms with Crippen LogP contribution in [0.1, 0.15) is 86.5 Å². The van der Waals surface area contributed by atoms with Gasteiger partial charge < -0.3 is 25.5 Å². The van der Waals surface area contributed by atoms with Crippen LogP contribution in [0, 0.1) is 50.2 Å². The van der Waals surface area contributed by atoms with Crippen LogP contribution in [0.3, 0.4) is 0 Å². The third kappa shape index (κ3) is 3.47. The molecule has 5 rings (SSSR count). The molecule has 0 unspecified atom stereocenters. The molecule has 6 nitrogen and oxygen atoms in total. The van der Waals surface area contributed by atoms with Gasteiger partial charge in [0.25, 0.3) is 0 Å². The van der Waals surface area contributed by atoms with Crippen molar-refractivity contribution in [3.05, 3.63) is 23.8 Å². The van der Waals surface area contributed by atoms with E-state index < -0.39 is 35.1 Å². The summed E-state index contributed by atoms with van der Waals surface area (Å²) in [7, 11) is 0. The molecule has 5 aliphatic rings. The van der Waals surface area contributed by atoms with Gasteiger partial charge in [-0.1, -0.05) is 65.3 Å². The van der Waals surface area contributed by atoms with Crippen LogP contribution in [0.5, 0.6) is 0 Å². The second-order valence-electron chi connectivity index (χ2n) is 15.3. The van der Waals surface area contributed by atoms with Crippen LogP contribution in [0.4, 0.5) is 0 Å². The summed E-state index contributed by atoms with van der Waals surface area (Å²) in [4.78, 5) is 12.0. The lowest BCUT2D eigenvalue weighted by molar-refractivity contribution is -0.267. The highest BCUT2D eigenvalue weighted by Crippen LogP contribution is 2.74. The van der Waals surface area contributed by atoms with Crippen molar-refractivity contribution in [1.82, 2.24) is 0 Å². The minimum Gasteiger partial charge on any atom is -0.481 e. The van der Waals surface area contributed by atoms with E-state index in [0.717, 1.165) is 25.7 Å². The van der Waals surface area contributed by atoms with Crippen LogP contribution in [0.15, 0.2) is 23.8 Å². The molecule has 0 radical (unpaired) electrons.